The van der Waals surface area contributed by atoms with Crippen LogP contribution < -0.4 is 5.32 Å². The van der Waals surface area contributed by atoms with Crippen molar-refractivity contribution >= 4 is 22.9 Å². The molecule has 2 atom stereocenters. The van der Waals surface area contributed by atoms with E-state index >= 15 is 0 Å². The van der Waals surface area contributed by atoms with E-state index in [1.807, 2.05) is 6.07 Å². The maximum atomic E-state index is 6.11. The fourth-order valence-corrected chi connectivity index (χ4v) is 4.39. The third-order valence-electron chi connectivity index (χ3n) is 4.99. The molecule has 0 aliphatic carbocycles. The van der Waals surface area contributed by atoms with Gasteiger partial charge >= 0.3 is 0 Å². The first-order chi connectivity index (χ1) is 9.55. The van der Waals surface area contributed by atoms with Crippen molar-refractivity contribution < 1.29 is 0 Å². The second-order valence-corrected chi connectivity index (χ2v) is 7.67. The highest BCUT2D eigenvalue weighted by molar-refractivity contribution is 7.16. The minimum atomic E-state index is 0.279. The van der Waals surface area contributed by atoms with Crippen LogP contribution in [0.1, 0.15) is 57.9 Å². The van der Waals surface area contributed by atoms with Crippen LogP contribution in [-0.4, -0.2) is 29.6 Å². The van der Waals surface area contributed by atoms with E-state index in [-0.39, 0.29) is 5.54 Å². The summed E-state index contributed by atoms with van der Waals surface area (Å²) < 4.78 is 0.896. The molecule has 0 saturated carbocycles. The van der Waals surface area contributed by atoms with Gasteiger partial charge in [0.2, 0.25) is 0 Å². The molecule has 0 spiro atoms. The Bertz CT molecular complexity index is 428. The molecule has 0 aromatic carbocycles. The van der Waals surface area contributed by atoms with Crippen molar-refractivity contribution in [1.82, 2.24) is 10.2 Å². The summed E-state index contributed by atoms with van der Waals surface area (Å²) in [6.07, 6.45) is 3.57. The van der Waals surface area contributed by atoms with Gasteiger partial charge in [0.25, 0.3) is 0 Å². The summed E-state index contributed by atoms with van der Waals surface area (Å²) in [5.74, 6) is 0. The Hall–Kier alpha value is -0.0900. The minimum absolute atomic E-state index is 0.279. The molecule has 2 heterocycles. The van der Waals surface area contributed by atoms with Gasteiger partial charge in [-0.15, -0.1) is 11.3 Å². The van der Waals surface area contributed by atoms with Gasteiger partial charge in [0.05, 0.1) is 4.34 Å². The van der Waals surface area contributed by atoms with E-state index in [0.29, 0.717) is 12.1 Å². The minimum Gasteiger partial charge on any atom is -0.308 e. The molecule has 1 aromatic heterocycles. The van der Waals surface area contributed by atoms with Crippen LogP contribution in [0.15, 0.2) is 12.1 Å². The van der Waals surface area contributed by atoms with Gasteiger partial charge in [-0.05, 0) is 38.3 Å². The molecule has 1 aromatic rings. The van der Waals surface area contributed by atoms with E-state index < -0.39 is 0 Å². The summed E-state index contributed by atoms with van der Waals surface area (Å²) >= 11 is 7.83. The molecule has 1 aliphatic rings. The maximum absolute atomic E-state index is 6.11. The Morgan fingerprint density at radius 2 is 2.10 bits per heavy atom. The third kappa shape index (κ3) is 3.22. The number of nitrogens with zero attached hydrogens (tertiary/aromatic N) is 1. The second kappa shape index (κ2) is 6.78. The normalized spacial score (nSPS) is 24.8. The highest BCUT2D eigenvalue weighted by atomic mass is 35.5. The SMILES string of the molecule is CCC1CNC(CC)(CC)CN1C(C)c1ccc(Cl)s1. The van der Waals surface area contributed by atoms with Gasteiger partial charge in [-0.2, -0.15) is 0 Å². The molecule has 1 saturated heterocycles. The van der Waals surface area contributed by atoms with Crippen LogP contribution in [0, 0.1) is 0 Å². The van der Waals surface area contributed by atoms with E-state index in [1.165, 1.54) is 24.1 Å². The molecular formula is C16H27ClN2S. The highest BCUT2D eigenvalue weighted by Crippen LogP contribution is 2.35. The summed E-state index contributed by atoms with van der Waals surface area (Å²) in [4.78, 5) is 4.07. The van der Waals surface area contributed by atoms with Gasteiger partial charge in [0.1, 0.15) is 0 Å². The number of hydrogen-bond donors (Lipinski definition) is 1. The standard InChI is InChI=1S/C16H27ClN2S/c1-5-13-10-18-16(6-2,7-3)11-19(13)12(4)14-8-9-15(17)20-14/h8-9,12-13,18H,5-7,10-11H2,1-4H3. The molecule has 114 valence electrons. The number of nitrogens with one attached hydrogen (secondary N) is 1. The molecule has 2 unspecified atom stereocenters. The Morgan fingerprint density at radius 1 is 1.40 bits per heavy atom. The van der Waals surface area contributed by atoms with Crippen LogP contribution in [0.4, 0.5) is 0 Å². The Kier molecular flexibility index (Phi) is 5.52. The van der Waals surface area contributed by atoms with Crippen molar-refractivity contribution in [2.75, 3.05) is 13.1 Å². The molecule has 2 rings (SSSR count). The molecule has 0 amide bonds. The fourth-order valence-electron chi connectivity index (χ4n) is 3.26. The number of rotatable bonds is 5. The van der Waals surface area contributed by atoms with Crippen molar-refractivity contribution in [3.8, 4) is 0 Å². The van der Waals surface area contributed by atoms with Crippen LogP contribution in [0.3, 0.4) is 0 Å². The largest absolute Gasteiger partial charge is 0.308 e. The average molecular weight is 315 g/mol. The number of thiophene rings is 1. The van der Waals surface area contributed by atoms with E-state index in [4.69, 9.17) is 11.6 Å². The lowest BCUT2D eigenvalue weighted by molar-refractivity contribution is 0.0411. The first kappa shape index (κ1) is 16.3. The van der Waals surface area contributed by atoms with Crippen LogP contribution in [0.2, 0.25) is 4.34 Å². The number of hydrogen-bond acceptors (Lipinski definition) is 3. The number of piperazine rings is 1. The first-order valence-electron chi connectivity index (χ1n) is 7.81. The molecule has 1 N–H and O–H groups in total. The zero-order chi connectivity index (χ0) is 14.8. The molecule has 4 heteroatoms. The molecule has 20 heavy (non-hydrogen) atoms. The molecule has 0 bridgehead atoms. The lowest BCUT2D eigenvalue weighted by atomic mass is 9.87. The first-order valence-corrected chi connectivity index (χ1v) is 9.00. The van der Waals surface area contributed by atoms with Crippen molar-refractivity contribution in [3.63, 3.8) is 0 Å². The van der Waals surface area contributed by atoms with E-state index in [2.05, 4.69) is 44.0 Å². The Balaban J connectivity index is 2.20. The topological polar surface area (TPSA) is 15.3 Å². The molecule has 1 aliphatic heterocycles. The molecule has 0 radical (unpaired) electrons. The molecular weight excluding hydrogens is 288 g/mol. The lowest BCUT2D eigenvalue weighted by Crippen LogP contribution is -2.63. The molecule has 1 fully saturated rings. The Morgan fingerprint density at radius 3 is 2.60 bits per heavy atom. The average Bonchev–Trinajstić information content (AvgIpc) is 2.92. The summed E-state index contributed by atoms with van der Waals surface area (Å²) in [5.41, 5.74) is 0.279. The van der Waals surface area contributed by atoms with Gasteiger partial charge < -0.3 is 5.32 Å². The summed E-state index contributed by atoms with van der Waals surface area (Å²) in [6.45, 7) is 11.4. The lowest BCUT2D eigenvalue weighted by Gasteiger charge is -2.49. The molecule has 2 nitrogen and oxygen atoms in total. The van der Waals surface area contributed by atoms with Crippen molar-refractivity contribution in [2.24, 2.45) is 0 Å². The Labute approximate surface area is 132 Å². The highest BCUT2D eigenvalue weighted by Gasteiger charge is 2.38. The fraction of sp³-hybridized carbons (Fsp3) is 0.750. The maximum Gasteiger partial charge on any atom is 0.0931 e. The van der Waals surface area contributed by atoms with Crippen LogP contribution in [-0.2, 0) is 0 Å². The van der Waals surface area contributed by atoms with Crippen LogP contribution in [0.25, 0.3) is 0 Å². The van der Waals surface area contributed by atoms with E-state index in [0.717, 1.165) is 17.4 Å². The van der Waals surface area contributed by atoms with Gasteiger partial charge in [-0.3, -0.25) is 4.90 Å². The number of halogens is 1. The zero-order valence-electron chi connectivity index (χ0n) is 13.1. The van der Waals surface area contributed by atoms with E-state index in [1.54, 1.807) is 11.3 Å². The summed E-state index contributed by atoms with van der Waals surface area (Å²) in [7, 11) is 0. The van der Waals surface area contributed by atoms with Crippen molar-refractivity contribution in [1.29, 1.82) is 0 Å². The smallest absolute Gasteiger partial charge is 0.0931 e. The van der Waals surface area contributed by atoms with Crippen LogP contribution in [0.5, 0.6) is 0 Å². The van der Waals surface area contributed by atoms with Crippen molar-refractivity contribution in [2.45, 2.75) is 64.6 Å². The monoisotopic (exact) mass is 314 g/mol. The third-order valence-corrected chi connectivity index (χ3v) is 6.40. The van der Waals surface area contributed by atoms with Crippen LogP contribution >= 0.6 is 22.9 Å². The van der Waals surface area contributed by atoms with Gasteiger partial charge in [0, 0.05) is 35.6 Å². The summed E-state index contributed by atoms with van der Waals surface area (Å²) in [5, 5.41) is 3.81. The van der Waals surface area contributed by atoms with Crippen molar-refractivity contribution in [3.05, 3.63) is 21.3 Å². The van der Waals surface area contributed by atoms with Gasteiger partial charge in [0.15, 0.2) is 0 Å². The zero-order valence-corrected chi connectivity index (χ0v) is 14.7. The van der Waals surface area contributed by atoms with E-state index in [9.17, 15) is 0 Å². The van der Waals surface area contributed by atoms with Gasteiger partial charge in [-0.25, -0.2) is 0 Å². The summed E-state index contributed by atoms with van der Waals surface area (Å²) in [6, 6.07) is 5.29. The quantitative estimate of drug-likeness (QED) is 0.847. The predicted octanol–water partition coefficient (Wildman–Crippen LogP) is 4.71. The second-order valence-electron chi connectivity index (χ2n) is 5.92. The predicted molar refractivity (Wildman–Crippen MR) is 89.8 cm³/mol. The van der Waals surface area contributed by atoms with Gasteiger partial charge in [-0.1, -0.05) is 32.4 Å².